The number of hydrogen-bond donors (Lipinski definition) is 3. The molecule has 0 saturated carbocycles. The second kappa shape index (κ2) is 6.48. The van der Waals surface area contributed by atoms with E-state index in [0.717, 1.165) is 11.3 Å². The number of nitrogens with zero attached hydrogens (tertiary/aromatic N) is 5. The summed E-state index contributed by atoms with van der Waals surface area (Å²) in [6.45, 7) is 2.51. The summed E-state index contributed by atoms with van der Waals surface area (Å²) in [4.78, 5) is 31.3. The number of aromatic amines is 1. The van der Waals surface area contributed by atoms with E-state index in [1.165, 1.54) is 6.33 Å². The molecule has 134 valence electrons. The Hall–Kier alpha value is -2.40. The van der Waals surface area contributed by atoms with Crippen LogP contribution in [0.15, 0.2) is 12.7 Å². The van der Waals surface area contributed by atoms with Crippen molar-refractivity contribution in [2.24, 2.45) is 0 Å². The molecule has 2 aromatic rings. The van der Waals surface area contributed by atoms with Crippen molar-refractivity contribution in [2.75, 3.05) is 31.1 Å². The third-order valence-electron chi connectivity index (χ3n) is 4.56. The zero-order valence-electron chi connectivity index (χ0n) is 13.3. The van der Waals surface area contributed by atoms with Crippen molar-refractivity contribution in [3.63, 3.8) is 0 Å². The predicted molar refractivity (Wildman–Crippen MR) is 84.9 cm³/mol. The molecule has 9 nitrogen and oxygen atoms in total. The average molecular weight is 352 g/mol. The fourth-order valence-electron chi connectivity index (χ4n) is 3.26. The van der Waals surface area contributed by atoms with E-state index >= 15 is 0 Å². The number of piperazine rings is 1. The first-order chi connectivity index (χ1) is 12.1. The van der Waals surface area contributed by atoms with E-state index in [-0.39, 0.29) is 12.3 Å². The lowest BCUT2D eigenvalue weighted by atomic mass is 10.1. The van der Waals surface area contributed by atoms with Crippen molar-refractivity contribution < 1.29 is 13.6 Å². The number of amides is 1. The van der Waals surface area contributed by atoms with Crippen molar-refractivity contribution in [1.29, 1.82) is 0 Å². The Bertz CT molecular complexity index is 760. The number of alkyl halides is 2. The standard InChI is InChI=1S/C14H18F2N8O/c15-11(16)8-5-9(25)22-14(21-8)24-3-1-23(2-4-24)13-10-12(18-6-17-10)19-7-20-13/h6-8,11,14,21H,1-5H2,(H,22,25)(H,17,18,19,20). The molecular formula is C14H18F2N8O. The first-order valence-corrected chi connectivity index (χ1v) is 8.08. The van der Waals surface area contributed by atoms with Gasteiger partial charge in [-0.2, -0.15) is 0 Å². The van der Waals surface area contributed by atoms with Crippen molar-refractivity contribution in [3.05, 3.63) is 12.7 Å². The predicted octanol–water partition coefficient (Wildman–Crippen LogP) is -0.498. The lowest BCUT2D eigenvalue weighted by Gasteiger charge is -2.43. The van der Waals surface area contributed by atoms with Crippen molar-refractivity contribution >= 4 is 22.9 Å². The van der Waals surface area contributed by atoms with Gasteiger partial charge in [0.25, 0.3) is 6.43 Å². The fourth-order valence-corrected chi connectivity index (χ4v) is 3.26. The Morgan fingerprint density at radius 1 is 1.16 bits per heavy atom. The highest BCUT2D eigenvalue weighted by Gasteiger charge is 2.35. The van der Waals surface area contributed by atoms with Crippen LogP contribution in [-0.4, -0.2) is 75.7 Å². The number of halogens is 2. The Morgan fingerprint density at radius 3 is 2.72 bits per heavy atom. The minimum atomic E-state index is -2.57. The molecule has 0 aliphatic carbocycles. The number of nitrogens with one attached hydrogen (secondary N) is 3. The van der Waals surface area contributed by atoms with Crippen molar-refractivity contribution in [2.45, 2.75) is 25.2 Å². The van der Waals surface area contributed by atoms with Crippen LogP contribution < -0.4 is 15.5 Å². The topological polar surface area (TPSA) is 102 Å². The molecule has 3 N–H and O–H groups in total. The summed E-state index contributed by atoms with van der Waals surface area (Å²) < 4.78 is 25.9. The highest BCUT2D eigenvalue weighted by Crippen LogP contribution is 2.21. The molecule has 25 heavy (non-hydrogen) atoms. The molecule has 2 saturated heterocycles. The van der Waals surface area contributed by atoms with E-state index in [1.54, 1.807) is 6.33 Å². The molecule has 0 spiro atoms. The molecule has 2 atom stereocenters. The molecule has 2 aliphatic rings. The maximum Gasteiger partial charge on any atom is 0.254 e. The number of imidazole rings is 1. The lowest BCUT2D eigenvalue weighted by molar-refractivity contribution is -0.129. The minimum Gasteiger partial charge on any atom is -0.352 e. The van der Waals surface area contributed by atoms with E-state index in [0.29, 0.717) is 31.8 Å². The van der Waals surface area contributed by atoms with Gasteiger partial charge in [-0.3, -0.25) is 15.0 Å². The third-order valence-corrected chi connectivity index (χ3v) is 4.56. The van der Waals surface area contributed by atoms with Crippen LogP contribution >= 0.6 is 0 Å². The molecule has 11 heteroatoms. The molecular weight excluding hydrogens is 334 g/mol. The van der Waals surface area contributed by atoms with Gasteiger partial charge in [-0.05, 0) is 0 Å². The molecule has 0 aromatic carbocycles. The van der Waals surface area contributed by atoms with Gasteiger partial charge < -0.3 is 15.2 Å². The third kappa shape index (κ3) is 3.12. The number of H-pyrrole nitrogens is 1. The van der Waals surface area contributed by atoms with Crippen LogP contribution in [0.2, 0.25) is 0 Å². The van der Waals surface area contributed by atoms with Gasteiger partial charge in [0.1, 0.15) is 18.1 Å². The summed E-state index contributed by atoms with van der Waals surface area (Å²) in [5.74, 6) is 0.416. The first-order valence-electron chi connectivity index (χ1n) is 8.08. The monoisotopic (exact) mass is 352 g/mol. The Balaban J connectivity index is 1.43. The summed E-state index contributed by atoms with van der Waals surface area (Å²) in [6, 6.07) is -1.11. The number of anilines is 1. The molecule has 2 fully saturated rings. The fraction of sp³-hybridized carbons (Fsp3) is 0.571. The highest BCUT2D eigenvalue weighted by atomic mass is 19.3. The molecule has 0 bridgehead atoms. The molecule has 4 heterocycles. The van der Waals surface area contributed by atoms with Gasteiger partial charge in [-0.15, -0.1) is 0 Å². The second-order valence-electron chi connectivity index (χ2n) is 6.10. The number of carbonyl (C=O) groups is 1. The Labute approximate surface area is 141 Å². The van der Waals surface area contributed by atoms with E-state index in [4.69, 9.17) is 0 Å². The molecule has 1 amide bonds. The minimum absolute atomic E-state index is 0.202. The highest BCUT2D eigenvalue weighted by molar-refractivity contribution is 5.82. The maximum atomic E-state index is 12.9. The molecule has 0 radical (unpaired) electrons. The Kier molecular flexibility index (Phi) is 4.17. The van der Waals surface area contributed by atoms with Gasteiger partial charge in [0, 0.05) is 32.6 Å². The lowest BCUT2D eigenvalue weighted by Crippen LogP contribution is -2.67. The number of carbonyl (C=O) groups excluding carboxylic acids is 1. The summed E-state index contributed by atoms with van der Waals surface area (Å²) in [7, 11) is 0. The normalized spacial score (nSPS) is 25.6. The average Bonchev–Trinajstić information content (AvgIpc) is 3.10. The molecule has 2 aliphatic heterocycles. The van der Waals surface area contributed by atoms with E-state index in [9.17, 15) is 13.6 Å². The van der Waals surface area contributed by atoms with Crippen LogP contribution in [0.1, 0.15) is 6.42 Å². The maximum absolute atomic E-state index is 12.9. The van der Waals surface area contributed by atoms with Gasteiger partial charge in [0.15, 0.2) is 11.5 Å². The summed E-state index contributed by atoms with van der Waals surface area (Å²) in [6.07, 6.45) is -0.289. The van der Waals surface area contributed by atoms with Gasteiger partial charge in [-0.25, -0.2) is 23.7 Å². The van der Waals surface area contributed by atoms with Crippen LogP contribution in [0, 0.1) is 0 Å². The largest absolute Gasteiger partial charge is 0.352 e. The number of hydrogen-bond acceptors (Lipinski definition) is 7. The van der Waals surface area contributed by atoms with Crippen LogP contribution in [0.4, 0.5) is 14.6 Å². The van der Waals surface area contributed by atoms with Crippen LogP contribution in [0.25, 0.3) is 11.2 Å². The zero-order valence-corrected chi connectivity index (χ0v) is 13.3. The van der Waals surface area contributed by atoms with Crippen LogP contribution in [0.5, 0.6) is 0 Å². The second-order valence-corrected chi connectivity index (χ2v) is 6.10. The van der Waals surface area contributed by atoms with E-state index in [2.05, 4.69) is 35.5 Å². The summed E-state index contributed by atoms with van der Waals surface area (Å²) in [5.41, 5.74) is 1.38. The molecule has 2 unspecified atom stereocenters. The van der Waals surface area contributed by atoms with Crippen molar-refractivity contribution in [3.8, 4) is 0 Å². The van der Waals surface area contributed by atoms with E-state index in [1.807, 2.05) is 4.90 Å². The first kappa shape index (κ1) is 16.1. The van der Waals surface area contributed by atoms with Gasteiger partial charge in [0.2, 0.25) is 5.91 Å². The van der Waals surface area contributed by atoms with Crippen LogP contribution in [-0.2, 0) is 4.79 Å². The number of aromatic nitrogens is 4. The van der Waals surface area contributed by atoms with E-state index < -0.39 is 18.8 Å². The van der Waals surface area contributed by atoms with Gasteiger partial charge >= 0.3 is 0 Å². The number of fused-ring (bicyclic) bond motifs is 1. The van der Waals surface area contributed by atoms with Crippen molar-refractivity contribution in [1.82, 2.24) is 35.5 Å². The smallest absolute Gasteiger partial charge is 0.254 e. The molecule has 4 rings (SSSR count). The number of rotatable bonds is 3. The van der Waals surface area contributed by atoms with Gasteiger partial charge in [-0.1, -0.05) is 0 Å². The summed E-state index contributed by atoms with van der Waals surface area (Å²) in [5, 5.41) is 5.55. The molecule has 2 aromatic heterocycles. The zero-order chi connectivity index (χ0) is 17.4. The summed E-state index contributed by atoms with van der Waals surface area (Å²) >= 11 is 0. The quantitative estimate of drug-likeness (QED) is 0.685. The van der Waals surface area contributed by atoms with Gasteiger partial charge in [0.05, 0.1) is 12.4 Å². The van der Waals surface area contributed by atoms with Crippen LogP contribution in [0.3, 0.4) is 0 Å². The SMILES string of the molecule is O=C1CC(C(F)F)NC(N2CCN(c3ncnc4nc[nH]c34)CC2)N1. The Morgan fingerprint density at radius 2 is 1.96 bits per heavy atom.